The predicted molar refractivity (Wildman–Crippen MR) is 79.5 cm³/mol. The van der Waals surface area contributed by atoms with Gasteiger partial charge in [0.25, 0.3) is 0 Å². The van der Waals surface area contributed by atoms with Crippen molar-refractivity contribution in [3.8, 4) is 17.1 Å². The van der Waals surface area contributed by atoms with Gasteiger partial charge in [-0.05, 0) is 40.2 Å². The molecule has 0 bridgehead atoms. The fourth-order valence-corrected chi connectivity index (χ4v) is 2.38. The maximum atomic E-state index is 14.0. The first-order chi connectivity index (χ1) is 9.66. The number of rotatable bonds is 2. The molecule has 6 heteroatoms. The molecule has 100 valence electrons. The van der Waals surface area contributed by atoms with Crippen molar-refractivity contribution in [3.05, 3.63) is 64.4 Å². The van der Waals surface area contributed by atoms with E-state index in [9.17, 15) is 4.39 Å². The van der Waals surface area contributed by atoms with Gasteiger partial charge in [-0.1, -0.05) is 23.7 Å². The van der Waals surface area contributed by atoms with Crippen LogP contribution in [0.3, 0.4) is 0 Å². The van der Waals surface area contributed by atoms with Crippen molar-refractivity contribution in [2.24, 2.45) is 0 Å². The smallest absolute Gasteiger partial charge is 0.155 e. The topological polar surface area (TPSA) is 30.7 Å². The highest BCUT2D eigenvalue weighted by atomic mass is 79.9. The summed E-state index contributed by atoms with van der Waals surface area (Å²) in [5.74, 6) is 0.263. The van der Waals surface area contributed by atoms with E-state index in [0.29, 0.717) is 17.1 Å². The quantitative estimate of drug-likeness (QED) is 0.680. The van der Waals surface area contributed by atoms with E-state index in [4.69, 9.17) is 11.6 Å². The van der Waals surface area contributed by atoms with Crippen molar-refractivity contribution in [2.75, 3.05) is 0 Å². The van der Waals surface area contributed by atoms with E-state index in [2.05, 4.69) is 25.9 Å². The van der Waals surface area contributed by atoms with Crippen molar-refractivity contribution in [1.82, 2.24) is 14.5 Å². The SMILES string of the molecule is Fc1ccccc1-c1c(Cl)ncn1-c1ccc(Br)cn1. The highest BCUT2D eigenvalue weighted by molar-refractivity contribution is 9.10. The molecule has 0 fully saturated rings. The van der Waals surface area contributed by atoms with Gasteiger partial charge >= 0.3 is 0 Å². The average molecular weight is 353 g/mol. The minimum Gasteiger partial charge on any atom is -0.281 e. The summed E-state index contributed by atoms with van der Waals surface area (Å²) in [6.07, 6.45) is 3.19. The van der Waals surface area contributed by atoms with E-state index in [1.807, 2.05) is 6.07 Å². The molecule has 3 nitrogen and oxygen atoms in total. The average Bonchev–Trinajstić information content (AvgIpc) is 2.82. The lowest BCUT2D eigenvalue weighted by Gasteiger charge is -2.08. The minimum atomic E-state index is -0.353. The zero-order valence-corrected chi connectivity index (χ0v) is 12.4. The Balaban J connectivity index is 2.20. The van der Waals surface area contributed by atoms with Gasteiger partial charge in [0, 0.05) is 16.2 Å². The molecular weight excluding hydrogens is 345 g/mol. The molecule has 3 aromatic rings. The van der Waals surface area contributed by atoms with Crippen LogP contribution in [-0.2, 0) is 0 Å². The summed E-state index contributed by atoms with van der Waals surface area (Å²) in [5.41, 5.74) is 0.874. The van der Waals surface area contributed by atoms with Crippen molar-refractivity contribution < 1.29 is 4.39 Å². The molecule has 0 spiro atoms. The van der Waals surface area contributed by atoms with Crippen LogP contribution in [-0.4, -0.2) is 14.5 Å². The number of halogens is 3. The van der Waals surface area contributed by atoms with Gasteiger partial charge in [-0.15, -0.1) is 0 Å². The van der Waals surface area contributed by atoms with E-state index in [1.54, 1.807) is 35.0 Å². The van der Waals surface area contributed by atoms with Gasteiger partial charge in [0.2, 0.25) is 0 Å². The van der Waals surface area contributed by atoms with Gasteiger partial charge in [0.15, 0.2) is 5.15 Å². The summed E-state index contributed by atoms with van der Waals surface area (Å²) in [7, 11) is 0. The van der Waals surface area contributed by atoms with Gasteiger partial charge in [-0.3, -0.25) is 4.57 Å². The molecule has 0 radical (unpaired) electrons. The first kappa shape index (κ1) is 13.3. The summed E-state index contributed by atoms with van der Waals surface area (Å²) in [6.45, 7) is 0. The van der Waals surface area contributed by atoms with E-state index >= 15 is 0 Å². The van der Waals surface area contributed by atoms with Crippen molar-refractivity contribution in [2.45, 2.75) is 0 Å². The zero-order valence-electron chi connectivity index (χ0n) is 10.1. The first-order valence-electron chi connectivity index (χ1n) is 5.76. The second kappa shape index (κ2) is 5.34. The monoisotopic (exact) mass is 351 g/mol. The third-order valence-electron chi connectivity index (χ3n) is 2.81. The summed E-state index contributed by atoms with van der Waals surface area (Å²) in [5, 5.41) is 0.236. The Morgan fingerprint density at radius 1 is 1.10 bits per heavy atom. The highest BCUT2D eigenvalue weighted by Gasteiger charge is 2.16. The Bertz CT molecular complexity index is 755. The van der Waals surface area contributed by atoms with Crippen molar-refractivity contribution in [3.63, 3.8) is 0 Å². The third-order valence-corrected chi connectivity index (χ3v) is 3.56. The molecule has 20 heavy (non-hydrogen) atoms. The Kier molecular flexibility index (Phi) is 3.54. The Morgan fingerprint density at radius 2 is 1.90 bits per heavy atom. The molecular formula is C14H8BrClFN3. The van der Waals surface area contributed by atoms with Gasteiger partial charge in [-0.25, -0.2) is 14.4 Å². The standard InChI is InChI=1S/C14H8BrClFN3/c15-9-5-6-12(18-7-9)20-8-19-14(16)13(20)10-3-1-2-4-11(10)17/h1-8H. The third kappa shape index (κ3) is 2.34. The Morgan fingerprint density at radius 3 is 2.60 bits per heavy atom. The highest BCUT2D eigenvalue weighted by Crippen LogP contribution is 2.30. The summed E-state index contributed by atoms with van der Waals surface area (Å²) in [6, 6.07) is 10.1. The molecule has 2 aromatic heterocycles. The van der Waals surface area contributed by atoms with Crippen LogP contribution in [0.2, 0.25) is 5.15 Å². The largest absolute Gasteiger partial charge is 0.281 e. The molecule has 3 rings (SSSR count). The number of hydrogen-bond donors (Lipinski definition) is 0. The lowest BCUT2D eigenvalue weighted by molar-refractivity contribution is 0.630. The summed E-state index contributed by atoms with van der Waals surface area (Å²) >= 11 is 9.42. The fraction of sp³-hybridized carbons (Fsp3) is 0. The molecule has 0 unspecified atom stereocenters. The fourth-order valence-electron chi connectivity index (χ4n) is 1.91. The molecule has 0 amide bonds. The second-order valence-electron chi connectivity index (χ2n) is 4.07. The number of nitrogens with zero attached hydrogens (tertiary/aromatic N) is 3. The zero-order chi connectivity index (χ0) is 14.1. The van der Waals surface area contributed by atoms with Gasteiger partial charge in [0.05, 0.1) is 5.69 Å². The van der Waals surface area contributed by atoms with E-state index in [-0.39, 0.29) is 11.0 Å². The second-order valence-corrected chi connectivity index (χ2v) is 5.34. The van der Waals surface area contributed by atoms with Crippen LogP contribution >= 0.6 is 27.5 Å². The molecule has 0 aliphatic rings. The van der Waals surface area contributed by atoms with E-state index in [0.717, 1.165) is 4.47 Å². The van der Waals surface area contributed by atoms with E-state index in [1.165, 1.54) is 12.4 Å². The maximum absolute atomic E-state index is 14.0. The number of aromatic nitrogens is 3. The number of pyridine rings is 1. The normalized spacial score (nSPS) is 10.8. The Labute approximate surface area is 128 Å². The molecule has 0 saturated heterocycles. The number of benzene rings is 1. The lowest BCUT2D eigenvalue weighted by atomic mass is 10.1. The molecule has 0 aliphatic heterocycles. The molecule has 2 heterocycles. The minimum absolute atomic E-state index is 0.236. The van der Waals surface area contributed by atoms with Gasteiger partial charge in [0.1, 0.15) is 18.0 Å². The van der Waals surface area contributed by atoms with Crippen LogP contribution in [0, 0.1) is 5.82 Å². The maximum Gasteiger partial charge on any atom is 0.155 e. The molecule has 0 saturated carbocycles. The van der Waals surface area contributed by atoms with Crippen molar-refractivity contribution >= 4 is 27.5 Å². The van der Waals surface area contributed by atoms with Gasteiger partial charge < -0.3 is 0 Å². The van der Waals surface area contributed by atoms with Gasteiger partial charge in [-0.2, -0.15) is 0 Å². The Hall–Kier alpha value is -1.72. The number of imidazole rings is 1. The molecule has 0 aliphatic carbocycles. The lowest BCUT2D eigenvalue weighted by Crippen LogP contribution is -1.99. The predicted octanol–water partition coefficient (Wildman–Crippen LogP) is 4.49. The van der Waals surface area contributed by atoms with Crippen LogP contribution in [0.4, 0.5) is 4.39 Å². The molecule has 0 atom stereocenters. The van der Waals surface area contributed by atoms with Crippen LogP contribution in [0.5, 0.6) is 0 Å². The first-order valence-corrected chi connectivity index (χ1v) is 6.93. The van der Waals surface area contributed by atoms with E-state index < -0.39 is 0 Å². The molecule has 0 N–H and O–H groups in total. The summed E-state index contributed by atoms with van der Waals surface area (Å²) < 4.78 is 16.5. The van der Waals surface area contributed by atoms with Crippen molar-refractivity contribution in [1.29, 1.82) is 0 Å². The summed E-state index contributed by atoms with van der Waals surface area (Å²) in [4.78, 5) is 8.32. The molecule has 1 aromatic carbocycles. The van der Waals surface area contributed by atoms with Crippen LogP contribution < -0.4 is 0 Å². The van der Waals surface area contributed by atoms with Crippen LogP contribution in [0.25, 0.3) is 17.1 Å². The number of hydrogen-bond acceptors (Lipinski definition) is 2. The van der Waals surface area contributed by atoms with Crippen LogP contribution in [0.1, 0.15) is 0 Å². The van der Waals surface area contributed by atoms with Crippen LogP contribution in [0.15, 0.2) is 53.4 Å².